The Kier molecular flexibility index (Phi) is 3.37. The molecule has 21 heavy (non-hydrogen) atoms. The maximum Gasteiger partial charge on any atom is 0.417 e. The zero-order chi connectivity index (χ0) is 15.2. The summed E-state index contributed by atoms with van der Waals surface area (Å²) in [6.07, 6.45) is -1.54. The second-order valence-electron chi connectivity index (χ2n) is 4.45. The van der Waals surface area contributed by atoms with Crippen molar-refractivity contribution in [2.45, 2.75) is 12.3 Å². The summed E-state index contributed by atoms with van der Waals surface area (Å²) in [6.45, 7) is 0. The van der Waals surface area contributed by atoms with Gasteiger partial charge in [0, 0.05) is 6.20 Å². The van der Waals surface area contributed by atoms with Gasteiger partial charge in [0.15, 0.2) is 5.84 Å². The number of hydrogen-bond acceptors (Lipinski definition) is 3. The number of allylic oxidation sites excluding steroid dienone is 2. The molecule has 3 nitrogen and oxygen atoms in total. The molecule has 0 radical (unpaired) electrons. The van der Waals surface area contributed by atoms with Gasteiger partial charge >= 0.3 is 6.18 Å². The van der Waals surface area contributed by atoms with Crippen molar-refractivity contribution in [3.05, 3.63) is 57.7 Å². The SMILES string of the molecule is FC(F)(F)C1=CN2C(c3c(Cl)cccc3Cl)=NNC2C=C1. The molecule has 0 aromatic heterocycles. The molecule has 2 heterocycles. The molecule has 1 aromatic rings. The molecule has 2 aliphatic rings. The first kappa shape index (κ1) is 14.3. The van der Waals surface area contributed by atoms with Crippen LogP contribution in [0.2, 0.25) is 10.0 Å². The van der Waals surface area contributed by atoms with E-state index in [9.17, 15) is 13.2 Å². The lowest BCUT2D eigenvalue weighted by Crippen LogP contribution is -2.38. The van der Waals surface area contributed by atoms with E-state index in [1.165, 1.54) is 11.0 Å². The summed E-state index contributed by atoms with van der Waals surface area (Å²) in [5, 5.41) is 4.69. The number of alkyl halides is 3. The fraction of sp³-hybridized carbons (Fsp3) is 0.154. The van der Waals surface area contributed by atoms with E-state index < -0.39 is 17.9 Å². The molecule has 1 atom stereocenters. The molecule has 0 saturated heterocycles. The van der Waals surface area contributed by atoms with Gasteiger partial charge in [0.05, 0.1) is 21.2 Å². The third-order valence-corrected chi connectivity index (χ3v) is 3.73. The summed E-state index contributed by atoms with van der Waals surface area (Å²) in [5.41, 5.74) is 2.36. The first-order chi connectivity index (χ1) is 9.88. The molecule has 110 valence electrons. The summed E-state index contributed by atoms with van der Waals surface area (Å²) in [4.78, 5) is 1.36. The van der Waals surface area contributed by atoms with Crippen molar-refractivity contribution in [1.82, 2.24) is 10.3 Å². The third-order valence-electron chi connectivity index (χ3n) is 3.10. The number of hydrogen-bond donors (Lipinski definition) is 1. The smallest absolute Gasteiger partial charge is 0.305 e. The van der Waals surface area contributed by atoms with Gasteiger partial charge in [-0.1, -0.05) is 29.3 Å². The van der Waals surface area contributed by atoms with Crippen LogP contribution in [-0.2, 0) is 0 Å². The van der Waals surface area contributed by atoms with E-state index in [-0.39, 0.29) is 5.84 Å². The highest BCUT2D eigenvalue weighted by Gasteiger charge is 2.38. The number of rotatable bonds is 1. The van der Waals surface area contributed by atoms with Gasteiger partial charge in [0.1, 0.15) is 6.17 Å². The normalized spacial score (nSPS) is 20.8. The largest absolute Gasteiger partial charge is 0.417 e. The van der Waals surface area contributed by atoms with E-state index >= 15 is 0 Å². The molecule has 3 rings (SSSR count). The van der Waals surface area contributed by atoms with Crippen molar-refractivity contribution in [2.24, 2.45) is 5.10 Å². The number of halogens is 5. The highest BCUT2D eigenvalue weighted by atomic mass is 35.5. The molecule has 1 unspecified atom stereocenters. The highest BCUT2D eigenvalue weighted by Crippen LogP contribution is 2.34. The monoisotopic (exact) mass is 333 g/mol. The van der Waals surface area contributed by atoms with Crippen LogP contribution < -0.4 is 5.43 Å². The Morgan fingerprint density at radius 1 is 1.19 bits per heavy atom. The number of hydrazone groups is 1. The van der Waals surface area contributed by atoms with Crippen LogP contribution in [0.1, 0.15) is 5.56 Å². The Morgan fingerprint density at radius 2 is 1.86 bits per heavy atom. The van der Waals surface area contributed by atoms with Crippen molar-refractivity contribution < 1.29 is 13.2 Å². The fourth-order valence-corrected chi connectivity index (χ4v) is 2.67. The molecule has 0 saturated carbocycles. The highest BCUT2D eigenvalue weighted by molar-refractivity contribution is 6.40. The van der Waals surface area contributed by atoms with Gasteiger partial charge < -0.3 is 4.90 Å². The lowest BCUT2D eigenvalue weighted by Gasteiger charge is -2.26. The predicted octanol–water partition coefficient (Wildman–Crippen LogP) is 3.90. The van der Waals surface area contributed by atoms with E-state index in [4.69, 9.17) is 23.2 Å². The Morgan fingerprint density at radius 3 is 2.48 bits per heavy atom. The summed E-state index contributed by atoms with van der Waals surface area (Å²) in [7, 11) is 0. The van der Waals surface area contributed by atoms with Gasteiger partial charge in [-0.2, -0.15) is 18.3 Å². The predicted molar refractivity (Wildman–Crippen MR) is 75.0 cm³/mol. The average molecular weight is 334 g/mol. The van der Waals surface area contributed by atoms with E-state index in [1.807, 2.05) is 0 Å². The number of benzene rings is 1. The minimum absolute atomic E-state index is 0.252. The second kappa shape index (κ2) is 4.96. The van der Waals surface area contributed by atoms with Gasteiger partial charge in [-0.25, -0.2) is 0 Å². The molecule has 1 N–H and O–H groups in total. The summed E-state index contributed by atoms with van der Waals surface area (Å²) < 4.78 is 38.5. The summed E-state index contributed by atoms with van der Waals surface area (Å²) >= 11 is 12.2. The van der Waals surface area contributed by atoms with Gasteiger partial charge in [0.25, 0.3) is 0 Å². The van der Waals surface area contributed by atoms with Crippen LogP contribution >= 0.6 is 23.2 Å². The first-order valence-corrected chi connectivity index (χ1v) is 6.66. The van der Waals surface area contributed by atoms with Crippen molar-refractivity contribution >= 4 is 29.0 Å². The fourth-order valence-electron chi connectivity index (χ4n) is 2.11. The van der Waals surface area contributed by atoms with Crippen LogP contribution in [0.25, 0.3) is 0 Å². The Balaban J connectivity index is 2.03. The van der Waals surface area contributed by atoms with Crippen LogP contribution in [0.5, 0.6) is 0 Å². The van der Waals surface area contributed by atoms with E-state index in [1.54, 1.807) is 18.2 Å². The molecular weight excluding hydrogens is 326 g/mol. The van der Waals surface area contributed by atoms with Crippen LogP contribution in [0.15, 0.2) is 47.2 Å². The van der Waals surface area contributed by atoms with Gasteiger partial charge in [-0.15, -0.1) is 0 Å². The molecule has 0 bridgehead atoms. The lowest BCUT2D eigenvalue weighted by molar-refractivity contribution is -0.0894. The molecule has 0 aliphatic carbocycles. The molecule has 8 heteroatoms. The molecule has 0 amide bonds. The Bertz CT molecular complexity index is 659. The second-order valence-corrected chi connectivity index (χ2v) is 5.27. The zero-order valence-electron chi connectivity index (χ0n) is 10.3. The first-order valence-electron chi connectivity index (χ1n) is 5.91. The average Bonchev–Trinajstić information content (AvgIpc) is 2.81. The maximum atomic E-state index is 12.8. The van der Waals surface area contributed by atoms with Crippen molar-refractivity contribution in [3.8, 4) is 0 Å². The van der Waals surface area contributed by atoms with E-state index in [0.29, 0.717) is 15.6 Å². The number of fused-ring (bicyclic) bond motifs is 1. The van der Waals surface area contributed by atoms with Gasteiger partial charge in [-0.05, 0) is 24.3 Å². The summed E-state index contributed by atoms with van der Waals surface area (Å²) in [5.74, 6) is 0.252. The van der Waals surface area contributed by atoms with Crippen molar-refractivity contribution in [3.63, 3.8) is 0 Å². The van der Waals surface area contributed by atoms with Gasteiger partial charge in [0.2, 0.25) is 0 Å². The molecule has 0 fully saturated rings. The van der Waals surface area contributed by atoms with Gasteiger partial charge in [-0.3, -0.25) is 5.43 Å². The van der Waals surface area contributed by atoms with Crippen LogP contribution in [0, 0.1) is 0 Å². The Labute approximate surface area is 128 Å². The van der Waals surface area contributed by atoms with E-state index in [0.717, 1.165) is 12.3 Å². The van der Waals surface area contributed by atoms with Crippen LogP contribution in [0.3, 0.4) is 0 Å². The number of nitrogens with one attached hydrogen (secondary N) is 1. The zero-order valence-corrected chi connectivity index (χ0v) is 11.8. The molecule has 0 spiro atoms. The maximum absolute atomic E-state index is 12.8. The topological polar surface area (TPSA) is 27.6 Å². The number of amidine groups is 1. The molecular formula is C13H8Cl2F3N3. The molecule has 2 aliphatic heterocycles. The minimum Gasteiger partial charge on any atom is -0.305 e. The standard InChI is InChI=1S/C13H8Cl2F3N3/c14-8-2-1-3-9(15)11(8)12-20-19-10-5-4-7(6-21(10)12)13(16,17)18/h1-6,10,19H. The minimum atomic E-state index is -4.43. The quantitative estimate of drug-likeness (QED) is 0.843. The van der Waals surface area contributed by atoms with Crippen LogP contribution in [0.4, 0.5) is 13.2 Å². The number of nitrogens with zero attached hydrogens (tertiary/aromatic N) is 2. The third kappa shape index (κ3) is 2.49. The molecule has 1 aromatic carbocycles. The Hall–Kier alpha value is -1.66. The van der Waals surface area contributed by atoms with Crippen molar-refractivity contribution in [1.29, 1.82) is 0 Å². The lowest BCUT2D eigenvalue weighted by atomic mass is 10.1. The van der Waals surface area contributed by atoms with Crippen molar-refractivity contribution in [2.75, 3.05) is 0 Å². The summed E-state index contributed by atoms with van der Waals surface area (Å²) in [6, 6.07) is 4.86. The van der Waals surface area contributed by atoms with Crippen LogP contribution in [-0.4, -0.2) is 23.1 Å². The van der Waals surface area contributed by atoms with E-state index in [2.05, 4.69) is 10.5 Å².